The third-order valence-corrected chi connectivity index (χ3v) is 5.41. The van der Waals surface area contributed by atoms with Gasteiger partial charge in [0.05, 0.1) is 6.04 Å². The van der Waals surface area contributed by atoms with Gasteiger partial charge in [-0.05, 0) is 70.1 Å². The zero-order chi connectivity index (χ0) is 17.5. The smallest absolute Gasteiger partial charge is 0.271 e. The minimum Gasteiger partial charge on any atom is -0.351 e. The molecule has 6 nitrogen and oxygen atoms in total. The standard InChI is InChI=1S/C19H33N5O/c1-16-6-5-12-23(15-16)11-3-2-10-21-19(25)18-8-13-24(22-18)17-7-4-9-20-14-17/h8,13,16-17,20H,2-7,9-12,14-15H2,1H3,(H,21,25). The second-order valence-corrected chi connectivity index (χ2v) is 7.69. The number of hydrogen-bond donors (Lipinski definition) is 2. The fourth-order valence-corrected chi connectivity index (χ4v) is 3.96. The maximum Gasteiger partial charge on any atom is 0.271 e. The largest absolute Gasteiger partial charge is 0.351 e. The molecule has 0 bridgehead atoms. The van der Waals surface area contributed by atoms with Crippen molar-refractivity contribution in [2.24, 2.45) is 5.92 Å². The SMILES string of the molecule is CC1CCCN(CCCCNC(=O)c2ccn(C3CCCNC3)n2)C1. The van der Waals surface area contributed by atoms with Gasteiger partial charge in [0.15, 0.2) is 0 Å². The molecule has 0 aromatic carbocycles. The Labute approximate surface area is 151 Å². The number of amides is 1. The van der Waals surface area contributed by atoms with Crippen LogP contribution in [0, 0.1) is 5.92 Å². The second kappa shape index (κ2) is 9.34. The average Bonchev–Trinajstić information content (AvgIpc) is 3.12. The van der Waals surface area contributed by atoms with Gasteiger partial charge in [-0.25, -0.2) is 0 Å². The molecule has 0 radical (unpaired) electrons. The number of likely N-dealkylation sites (tertiary alicyclic amines) is 1. The summed E-state index contributed by atoms with van der Waals surface area (Å²) in [6, 6.07) is 2.21. The Hall–Kier alpha value is -1.40. The number of nitrogens with one attached hydrogen (secondary N) is 2. The summed E-state index contributed by atoms with van der Waals surface area (Å²) in [5.41, 5.74) is 0.537. The van der Waals surface area contributed by atoms with Gasteiger partial charge in [0.25, 0.3) is 5.91 Å². The van der Waals surface area contributed by atoms with Crippen LogP contribution in [0.2, 0.25) is 0 Å². The number of aromatic nitrogens is 2. The lowest BCUT2D eigenvalue weighted by Gasteiger charge is -2.30. The first-order valence-electron chi connectivity index (χ1n) is 9.99. The Balaban J connectivity index is 1.33. The molecule has 2 fully saturated rings. The molecule has 0 aliphatic carbocycles. The van der Waals surface area contributed by atoms with E-state index < -0.39 is 0 Å². The lowest BCUT2D eigenvalue weighted by atomic mass is 10.0. The van der Waals surface area contributed by atoms with E-state index >= 15 is 0 Å². The molecule has 2 aliphatic rings. The van der Waals surface area contributed by atoms with E-state index in [0.29, 0.717) is 11.7 Å². The van der Waals surface area contributed by atoms with Crippen LogP contribution in [0.3, 0.4) is 0 Å². The second-order valence-electron chi connectivity index (χ2n) is 7.69. The summed E-state index contributed by atoms with van der Waals surface area (Å²) in [5, 5.41) is 10.9. The predicted octanol–water partition coefficient (Wildman–Crippen LogP) is 2.05. The summed E-state index contributed by atoms with van der Waals surface area (Å²) in [7, 11) is 0. The summed E-state index contributed by atoms with van der Waals surface area (Å²) in [5.74, 6) is 0.789. The zero-order valence-electron chi connectivity index (χ0n) is 15.5. The Bertz CT molecular complexity index is 538. The number of carbonyl (C=O) groups excluding carboxylic acids is 1. The van der Waals surface area contributed by atoms with E-state index in [1.165, 1.54) is 32.4 Å². The first-order valence-corrected chi connectivity index (χ1v) is 9.99. The van der Waals surface area contributed by atoms with Crippen LogP contribution in [0.15, 0.2) is 12.3 Å². The Morgan fingerprint density at radius 3 is 3.08 bits per heavy atom. The molecule has 2 unspecified atom stereocenters. The van der Waals surface area contributed by atoms with Crippen LogP contribution in [0.4, 0.5) is 0 Å². The van der Waals surface area contributed by atoms with Crippen molar-refractivity contribution < 1.29 is 4.79 Å². The van der Waals surface area contributed by atoms with Crippen LogP contribution >= 0.6 is 0 Å². The summed E-state index contributed by atoms with van der Waals surface area (Å²) in [4.78, 5) is 14.8. The van der Waals surface area contributed by atoms with Gasteiger partial charge < -0.3 is 15.5 Å². The Morgan fingerprint density at radius 2 is 2.28 bits per heavy atom. The minimum atomic E-state index is -0.0471. The summed E-state index contributed by atoms with van der Waals surface area (Å²) in [6.45, 7) is 8.74. The highest BCUT2D eigenvalue weighted by Gasteiger charge is 2.18. The lowest BCUT2D eigenvalue weighted by Crippen LogP contribution is -2.35. The molecule has 0 saturated carbocycles. The highest BCUT2D eigenvalue weighted by atomic mass is 16.1. The fourth-order valence-electron chi connectivity index (χ4n) is 3.96. The molecular weight excluding hydrogens is 314 g/mol. The van der Waals surface area contributed by atoms with Crippen LogP contribution in [0.25, 0.3) is 0 Å². The monoisotopic (exact) mass is 347 g/mol. The van der Waals surface area contributed by atoms with Crippen LogP contribution in [0.5, 0.6) is 0 Å². The van der Waals surface area contributed by atoms with Gasteiger partial charge in [-0.1, -0.05) is 6.92 Å². The summed E-state index contributed by atoms with van der Waals surface area (Å²) < 4.78 is 1.94. The molecule has 2 N–H and O–H groups in total. The molecule has 6 heteroatoms. The normalized spacial score (nSPS) is 25.0. The van der Waals surface area contributed by atoms with Gasteiger partial charge in [0.2, 0.25) is 0 Å². The van der Waals surface area contributed by atoms with Crippen molar-refractivity contribution in [3.63, 3.8) is 0 Å². The molecular formula is C19H33N5O. The molecule has 3 heterocycles. The minimum absolute atomic E-state index is 0.0471. The van der Waals surface area contributed by atoms with Crippen LogP contribution < -0.4 is 10.6 Å². The van der Waals surface area contributed by atoms with E-state index in [1.54, 1.807) is 0 Å². The number of piperidine rings is 2. The Morgan fingerprint density at radius 1 is 1.36 bits per heavy atom. The molecule has 1 aromatic rings. The Kier molecular flexibility index (Phi) is 6.87. The molecule has 3 rings (SSSR count). The molecule has 2 aliphatic heterocycles. The molecule has 2 saturated heterocycles. The van der Waals surface area contributed by atoms with Crippen molar-refractivity contribution in [1.29, 1.82) is 0 Å². The zero-order valence-corrected chi connectivity index (χ0v) is 15.5. The summed E-state index contributed by atoms with van der Waals surface area (Å²) >= 11 is 0. The molecule has 2 atom stereocenters. The van der Waals surface area contributed by atoms with Crippen molar-refractivity contribution in [3.05, 3.63) is 18.0 Å². The lowest BCUT2D eigenvalue weighted by molar-refractivity contribution is 0.0946. The first-order chi connectivity index (χ1) is 12.2. The quantitative estimate of drug-likeness (QED) is 0.741. The fraction of sp³-hybridized carbons (Fsp3) is 0.789. The van der Waals surface area contributed by atoms with Gasteiger partial charge in [0.1, 0.15) is 5.69 Å². The van der Waals surface area contributed by atoms with E-state index in [-0.39, 0.29) is 5.91 Å². The number of hydrogen-bond acceptors (Lipinski definition) is 4. The van der Waals surface area contributed by atoms with Crippen molar-refractivity contribution in [1.82, 2.24) is 25.3 Å². The maximum atomic E-state index is 12.2. The van der Waals surface area contributed by atoms with Crippen molar-refractivity contribution in [3.8, 4) is 0 Å². The molecule has 140 valence electrons. The molecule has 25 heavy (non-hydrogen) atoms. The first kappa shape index (κ1) is 18.4. The molecule has 1 amide bonds. The summed E-state index contributed by atoms with van der Waals surface area (Å²) in [6.07, 6.45) is 9.11. The van der Waals surface area contributed by atoms with Gasteiger partial charge in [-0.3, -0.25) is 9.48 Å². The molecule has 1 aromatic heterocycles. The van der Waals surface area contributed by atoms with Gasteiger partial charge >= 0.3 is 0 Å². The third kappa shape index (κ3) is 5.54. The number of nitrogens with zero attached hydrogens (tertiary/aromatic N) is 3. The van der Waals surface area contributed by atoms with E-state index in [2.05, 4.69) is 27.6 Å². The van der Waals surface area contributed by atoms with Crippen molar-refractivity contribution >= 4 is 5.91 Å². The highest BCUT2D eigenvalue weighted by molar-refractivity contribution is 5.92. The van der Waals surface area contributed by atoms with Gasteiger partial charge in [0, 0.05) is 25.8 Å². The number of unbranched alkanes of at least 4 members (excludes halogenated alkanes) is 1. The predicted molar refractivity (Wildman–Crippen MR) is 99.8 cm³/mol. The highest BCUT2D eigenvalue weighted by Crippen LogP contribution is 2.16. The topological polar surface area (TPSA) is 62.2 Å². The van der Waals surface area contributed by atoms with Gasteiger partial charge in [-0.15, -0.1) is 0 Å². The van der Waals surface area contributed by atoms with Crippen LogP contribution in [-0.2, 0) is 0 Å². The van der Waals surface area contributed by atoms with Crippen LogP contribution in [0.1, 0.15) is 62.0 Å². The van der Waals surface area contributed by atoms with E-state index in [4.69, 9.17) is 0 Å². The average molecular weight is 348 g/mol. The van der Waals surface area contributed by atoms with E-state index in [9.17, 15) is 4.79 Å². The third-order valence-electron chi connectivity index (χ3n) is 5.41. The number of rotatable bonds is 7. The maximum absolute atomic E-state index is 12.2. The number of carbonyl (C=O) groups is 1. The van der Waals surface area contributed by atoms with E-state index in [1.807, 2.05) is 16.9 Å². The van der Waals surface area contributed by atoms with Gasteiger partial charge in [-0.2, -0.15) is 5.10 Å². The van der Waals surface area contributed by atoms with E-state index in [0.717, 1.165) is 51.4 Å². The van der Waals surface area contributed by atoms with Crippen molar-refractivity contribution in [2.75, 3.05) is 39.3 Å². The molecule has 0 spiro atoms. The van der Waals surface area contributed by atoms with Crippen LogP contribution in [-0.4, -0.2) is 59.9 Å². The van der Waals surface area contributed by atoms with Crippen molar-refractivity contribution in [2.45, 2.75) is 51.5 Å².